The fourth-order valence-electron chi connectivity index (χ4n) is 1.87. The molecular weight excluding hydrogens is 271 g/mol. The van der Waals surface area contributed by atoms with Crippen molar-refractivity contribution in [1.29, 1.82) is 5.26 Å². The highest BCUT2D eigenvalue weighted by Gasteiger charge is 2.34. The molecule has 0 unspecified atom stereocenters. The van der Waals surface area contributed by atoms with Crippen LogP contribution in [-0.2, 0) is 28.5 Å². The van der Waals surface area contributed by atoms with Crippen LogP contribution in [0.2, 0.25) is 0 Å². The number of hydrogen-bond acceptors (Lipinski definition) is 3. The van der Waals surface area contributed by atoms with Gasteiger partial charge in [0.25, 0.3) is 0 Å². The van der Waals surface area contributed by atoms with Gasteiger partial charge in [-0.15, -0.1) is 0 Å². The van der Waals surface area contributed by atoms with Crippen molar-refractivity contribution in [3.8, 4) is 6.07 Å². The van der Waals surface area contributed by atoms with Crippen molar-refractivity contribution in [2.45, 2.75) is 32.9 Å². The number of aryl methyl sites for hydroxylation is 1. The lowest BCUT2D eigenvalue weighted by atomic mass is 9.95. The van der Waals surface area contributed by atoms with Gasteiger partial charge in [0.15, 0.2) is 0 Å². The van der Waals surface area contributed by atoms with E-state index >= 15 is 0 Å². The van der Waals surface area contributed by atoms with Crippen LogP contribution in [0.5, 0.6) is 0 Å². The number of benzene rings is 1. The van der Waals surface area contributed by atoms with Crippen molar-refractivity contribution in [2.24, 2.45) is 0 Å². The summed E-state index contributed by atoms with van der Waals surface area (Å²) in [4.78, 5) is 11.4. The zero-order valence-electron chi connectivity index (χ0n) is 11.2. The summed E-state index contributed by atoms with van der Waals surface area (Å²) in [6.45, 7) is 3.42. The highest BCUT2D eigenvalue weighted by molar-refractivity contribution is 5.73. The molecule has 0 aliphatic carbocycles. The van der Waals surface area contributed by atoms with Gasteiger partial charge in [-0.1, -0.05) is 13.0 Å². The quantitative estimate of drug-likeness (QED) is 0.798. The second kappa shape index (κ2) is 6.42. The Bertz CT molecular complexity index is 545. The molecule has 0 aromatic heterocycles. The number of halogens is 3. The van der Waals surface area contributed by atoms with E-state index in [1.54, 1.807) is 19.9 Å². The fourth-order valence-corrected chi connectivity index (χ4v) is 1.87. The first-order valence-corrected chi connectivity index (χ1v) is 6.12. The maximum atomic E-state index is 13.0. The zero-order chi connectivity index (χ0) is 15.3. The molecule has 20 heavy (non-hydrogen) atoms. The minimum atomic E-state index is -4.61. The molecule has 0 fully saturated rings. The van der Waals surface area contributed by atoms with Crippen LogP contribution in [0.4, 0.5) is 13.2 Å². The van der Waals surface area contributed by atoms with Crippen molar-refractivity contribution in [2.75, 3.05) is 6.61 Å². The molecule has 0 atom stereocenters. The SMILES string of the molecule is CCOC(=O)Cc1cc(CC)c(C#N)cc1C(F)(F)F. The first kappa shape index (κ1) is 16.0. The molecule has 0 spiro atoms. The number of alkyl halides is 3. The van der Waals surface area contributed by atoms with E-state index in [1.165, 1.54) is 6.07 Å². The molecule has 0 aliphatic rings. The lowest BCUT2D eigenvalue weighted by molar-refractivity contribution is -0.143. The van der Waals surface area contributed by atoms with Gasteiger partial charge in [-0.05, 0) is 30.5 Å². The number of nitriles is 1. The summed E-state index contributed by atoms with van der Waals surface area (Å²) >= 11 is 0. The Labute approximate surface area is 115 Å². The fraction of sp³-hybridized carbons (Fsp3) is 0.429. The molecule has 0 bridgehead atoms. The van der Waals surface area contributed by atoms with Gasteiger partial charge in [0.1, 0.15) is 0 Å². The predicted octanol–water partition coefficient (Wildman–Crippen LogP) is 3.25. The Morgan fingerprint density at radius 1 is 1.30 bits per heavy atom. The second-order valence-electron chi connectivity index (χ2n) is 4.11. The van der Waals surface area contributed by atoms with E-state index < -0.39 is 24.1 Å². The van der Waals surface area contributed by atoms with E-state index in [0.29, 0.717) is 12.0 Å². The van der Waals surface area contributed by atoms with Crippen LogP contribution >= 0.6 is 0 Å². The average Bonchev–Trinajstić information content (AvgIpc) is 2.37. The molecule has 1 aromatic carbocycles. The summed E-state index contributed by atoms with van der Waals surface area (Å²) in [5.41, 5.74) is -0.654. The molecule has 0 radical (unpaired) electrons. The summed E-state index contributed by atoms with van der Waals surface area (Å²) in [5, 5.41) is 8.89. The van der Waals surface area contributed by atoms with Gasteiger partial charge in [0.05, 0.1) is 30.2 Å². The van der Waals surface area contributed by atoms with Gasteiger partial charge in [-0.2, -0.15) is 18.4 Å². The smallest absolute Gasteiger partial charge is 0.416 e. The molecule has 0 amide bonds. The molecule has 1 rings (SSSR count). The van der Waals surface area contributed by atoms with E-state index in [4.69, 9.17) is 5.26 Å². The van der Waals surface area contributed by atoms with Gasteiger partial charge in [0.2, 0.25) is 0 Å². The van der Waals surface area contributed by atoms with Crippen molar-refractivity contribution >= 4 is 5.97 Å². The molecule has 0 N–H and O–H groups in total. The van der Waals surface area contributed by atoms with E-state index in [2.05, 4.69) is 4.74 Å². The Morgan fingerprint density at radius 3 is 2.40 bits per heavy atom. The van der Waals surface area contributed by atoms with Crippen LogP contribution < -0.4 is 0 Å². The number of carbonyl (C=O) groups is 1. The molecule has 6 heteroatoms. The molecule has 0 aliphatic heterocycles. The lowest BCUT2D eigenvalue weighted by Crippen LogP contribution is -2.15. The first-order valence-electron chi connectivity index (χ1n) is 6.12. The molecule has 3 nitrogen and oxygen atoms in total. The maximum Gasteiger partial charge on any atom is 0.416 e. The van der Waals surface area contributed by atoms with Crippen LogP contribution in [0.3, 0.4) is 0 Å². The van der Waals surface area contributed by atoms with Crippen LogP contribution in [0.1, 0.15) is 36.1 Å². The minimum absolute atomic E-state index is 0.0209. The third-order valence-corrected chi connectivity index (χ3v) is 2.78. The van der Waals surface area contributed by atoms with Gasteiger partial charge < -0.3 is 4.74 Å². The highest BCUT2D eigenvalue weighted by Crippen LogP contribution is 2.34. The number of nitrogens with zero attached hydrogens (tertiary/aromatic N) is 1. The normalized spacial score (nSPS) is 11.0. The van der Waals surface area contributed by atoms with Crippen molar-refractivity contribution in [1.82, 2.24) is 0 Å². The topological polar surface area (TPSA) is 50.1 Å². The van der Waals surface area contributed by atoms with E-state index in [0.717, 1.165) is 6.07 Å². The van der Waals surface area contributed by atoms with Crippen molar-refractivity contribution in [3.63, 3.8) is 0 Å². The molecule has 0 saturated carbocycles. The largest absolute Gasteiger partial charge is 0.466 e. The Hall–Kier alpha value is -2.03. The van der Waals surface area contributed by atoms with Crippen LogP contribution in [0.25, 0.3) is 0 Å². The van der Waals surface area contributed by atoms with Gasteiger partial charge in [0, 0.05) is 0 Å². The zero-order valence-corrected chi connectivity index (χ0v) is 11.2. The third-order valence-electron chi connectivity index (χ3n) is 2.78. The van der Waals surface area contributed by atoms with Crippen LogP contribution in [0, 0.1) is 11.3 Å². The highest BCUT2D eigenvalue weighted by atomic mass is 19.4. The van der Waals surface area contributed by atoms with Crippen molar-refractivity contribution < 1.29 is 22.7 Å². The molecule has 1 aromatic rings. The number of ether oxygens (including phenoxy) is 1. The van der Waals surface area contributed by atoms with Crippen LogP contribution in [0.15, 0.2) is 12.1 Å². The maximum absolute atomic E-state index is 13.0. The average molecular weight is 285 g/mol. The molecular formula is C14H14F3NO2. The summed E-state index contributed by atoms with van der Waals surface area (Å²) in [6, 6.07) is 3.81. The Morgan fingerprint density at radius 2 is 1.95 bits per heavy atom. The third kappa shape index (κ3) is 3.73. The molecule has 0 saturated heterocycles. The van der Waals surface area contributed by atoms with Gasteiger partial charge in [-0.3, -0.25) is 4.79 Å². The number of rotatable bonds is 4. The van der Waals surface area contributed by atoms with Crippen LogP contribution in [-0.4, -0.2) is 12.6 Å². The monoisotopic (exact) mass is 285 g/mol. The Balaban J connectivity index is 3.32. The Kier molecular flexibility index (Phi) is 5.14. The minimum Gasteiger partial charge on any atom is -0.466 e. The summed E-state index contributed by atoms with van der Waals surface area (Å²) in [6.07, 6.45) is -4.65. The lowest BCUT2D eigenvalue weighted by Gasteiger charge is -2.15. The van der Waals surface area contributed by atoms with Gasteiger partial charge >= 0.3 is 12.1 Å². The van der Waals surface area contributed by atoms with E-state index in [1.807, 2.05) is 0 Å². The summed E-state index contributed by atoms with van der Waals surface area (Å²) < 4.78 is 43.6. The van der Waals surface area contributed by atoms with E-state index in [-0.39, 0.29) is 17.7 Å². The predicted molar refractivity (Wildman–Crippen MR) is 65.9 cm³/mol. The molecule has 0 heterocycles. The summed E-state index contributed by atoms with van der Waals surface area (Å²) in [7, 11) is 0. The molecule has 108 valence electrons. The standard InChI is InChI=1S/C14H14F3NO2/c1-3-9-5-10(7-13(19)20-4-2)12(14(15,16)17)6-11(9)8-18/h5-6H,3-4,7H2,1-2H3. The number of hydrogen-bond donors (Lipinski definition) is 0. The first-order chi connectivity index (χ1) is 9.33. The summed E-state index contributed by atoms with van der Waals surface area (Å²) in [5.74, 6) is -0.718. The number of carbonyl (C=O) groups excluding carboxylic acids is 1. The van der Waals surface area contributed by atoms with Gasteiger partial charge in [-0.25, -0.2) is 0 Å². The number of esters is 1. The van der Waals surface area contributed by atoms with E-state index in [9.17, 15) is 18.0 Å². The second-order valence-corrected chi connectivity index (χ2v) is 4.11. The van der Waals surface area contributed by atoms with Crippen molar-refractivity contribution in [3.05, 3.63) is 34.4 Å².